The third-order valence-corrected chi connectivity index (χ3v) is 4.03. The smallest absolute Gasteiger partial charge is 0.291 e. The Morgan fingerprint density at radius 1 is 1.40 bits per heavy atom. The minimum atomic E-state index is -0.289. The van der Waals surface area contributed by atoms with E-state index in [0.717, 1.165) is 10.6 Å². The maximum absolute atomic E-state index is 12.1. The number of carbonyl (C=O) groups is 1. The zero-order chi connectivity index (χ0) is 14.1. The summed E-state index contributed by atoms with van der Waals surface area (Å²) in [6, 6.07) is 3.85. The van der Waals surface area contributed by atoms with Gasteiger partial charge in [0, 0.05) is 16.8 Å². The van der Waals surface area contributed by atoms with Crippen LogP contribution in [0.5, 0.6) is 0 Å². The highest BCUT2D eigenvalue weighted by Crippen LogP contribution is 2.14. The van der Waals surface area contributed by atoms with Crippen molar-refractivity contribution in [1.82, 2.24) is 24.9 Å². The van der Waals surface area contributed by atoms with Crippen LogP contribution in [-0.2, 0) is 6.54 Å². The van der Waals surface area contributed by atoms with E-state index in [1.165, 1.54) is 5.56 Å². The molecule has 0 aromatic carbocycles. The number of fused-ring (bicyclic) bond motifs is 1. The predicted octanol–water partition coefficient (Wildman–Crippen LogP) is 1.73. The molecule has 0 bridgehead atoms. The molecule has 3 rings (SSSR count). The van der Waals surface area contributed by atoms with Crippen LogP contribution < -0.4 is 5.32 Å². The monoisotopic (exact) mass is 287 g/mol. The first-order valence-corrected chi connectivity index (χ1v) is 7.02. The van der Waals surface area contributed by atoms with Gasteiger partial charge in [0.05, 0.1) is 6.54 Å². The standard InChI is InChI=1S/C13H13N5OS/c1-8-4-6-20-10(8)7-15-12(19)11-16-13-14-5-3-9(2)18(13)17-11/h3-6H,7H2,1-2H3,(H,15,19). The summed E-state index contributed by atoms with van der Waals surface area (Å²) in [5.41, 5.74) is 2.06. The van der Waals surface area contributed by atoms with Gasteiger partial charge in [-0.25, -0.2) is 9.50 Å². The molecule has 0 aliphatic carbocycles. The minimum Gasteiger partial charge on any atom is -0.344 e. The Hall–Kier alpha value is -2.28. The Kier molecular flexibility index (Phi) is 3.19. The number of rotatable bonds is 3. The number of amides is 1. The second-order valence-electron chi connectivity index (χ2n) is 4.44. The first kappa shape index (κ1) is 12.7. The lowest BCUT2D eigenvalue weighted by atomic mass is 10.3. The second kappa shape index (κ2) is 5.01. The quantitative estimate of drug-likeness (QED) is 0.796. The van der Waals surface area contributed by atoms with Crippen molar-refractivity contribution in [3.8, 4) is 0 Å². The van der Waals surface area contributed by atoms with Gasteiger partial charge in [-0.2, -0.15) is 4.98 Å². The summed E-state index contributed by atoms with van der Waals surface area (Å²) < 4.78 is 1.56. The molecule has 0 aliphatic heterocycles. The molecular weight excluding hydrogens is 274 g/mol. The van der Waals surface area contributed by atoms with Gasteiger partial charge in [0.25, 0.3) is 11.7 Å². The lowest BCUT2D eigenvalue weighted by Gasteiger charge is -2.01. The van der Waals surface area contributed by atoms with Crippen molar-refractivity contribution >= 4 is 23.0 Å². The first-order valence-electron chi connectivity index (χ1n) is 6.14. The van der Waals surface area contributed by atoms with E-state index in [-0.39, 0.29) is 11.7 Å². The molecule has 1 amide bonds. The van der Waals surface area contributed by atoms with Crippen LogP contribution in [0.15, 0.2) is 23.7 Å². The van der Waals surface area contributed by atoms with Crippen LogP contribution >= 0.6 is 11.3 Å². The molecule has 3 heterocycles. The van der Waals surface area contributed by atoms with E-state index in [1.807, 2.05) is 31.4 Å². The fraction of sp³-hybridized carbons (Fsp3) is 0.231. The summed E-state index contributed by atoms with van der Waals surface area (Å²) in [6.45, 7) is 4.40. The van der Waals surface area contributed by atoms with Gasteiger partial charge < -0.3 is 5.32 Å². The Morgan fingerprint density at radius 2 is 2.25 bits per heavy atom. The van der Waals surface area contributed by atoms with Gasteiger partial charge in [0.15, 0.2) is 0 Å². The largest absolute Gasteiger partial charge is 0.344 e. The second-order valence-corrected chi connectivity index (χ2v) is 5.44. The van der Waals surface area contributed by atoms with Crippen molar-refractivity contribution in [3.63, 3.8) is 0 Å². The zero-order valence-electron chi connectivity index (χ0n) is 11.1. The lowest BCUT2D eigenvalue weighted by molar-refractivity contribution is 0.0941. The fourth-order valence-electron chi connectivity index (χ4n) is 1.83. The van der Waals surface area contributed by atoms with E-state index in [0.29, 0.717) is 12.3 Å². The Labute approximate surface area is 119 Å². The van der Waals surface area contributed by atoms with E-state index in [2.05, 4.69) is 20.4 Å². The van der Waals surface area contributed by atoms with Gasteiger partial charge in [0.1, 0.15) is 0 Å². The highest BCUT2D eigenvalue weighted by Gasteiger charge is 2.14. The van der Waals surface area contributed by atoms with Gasteiger partial charge in [-0.3, -0.25) is 4.79 Å². The molecule has 0 saturated carbocycles. The highest BCUT2D eigenvalue weighted by molar-refractivity contribution is 7.10. The molecule has 7 heteroatoms. The lowest BCUT2D eigenvalue weighted by Crippen LogP contribution is -2.24. The van der Waals surface area contributed by atoms with Crippen molar-refractivity contribution in [2.75, 3.05) is 0 Å². The molecule has 0 spiro atoms. The highest BCUT2D eigenvalue weighted by atomic mass is 32.1. The van der Waals surface area contributed by atoms with E-state index in [9.17, 15) is 4.79 Å². The summed E-state index contributed by atoms with van der Waals surface area (Å²) in [4.78, 5) is 21.4. The molecule has 0 unspecified atom stereocenters. The van der Waals surface area contributed by atoms with E-state index in [1.54, 1.807) is 22.0 Å². The van der Waals surface area contributed by atoms with Gasteiger partial charge in [-0.15, -0.1) is 16.4 Å². The zero-order valence-corrected chi connectivity index (χ0v) is 11.9. The maximum atomic E-state index is 12.1. The number of hydrogen-bond acceptors (Lipinski definition) is 5. The third kappa shape index (κ3) is 2.27. The number of aryl methyl sites for hydroxylation is 2. The summed E-state index contributed by atoms with van der Waals surface area (Å²) in [5, 5.41) is 9.00. The number of hydrogen-bond donors (Lipinski definition) is 1. The Balaban J connectivity index is 1.79. The van der Waals surface area contributed by atoms with Gasteiger partial charge in [-0.1, -0.05) is 0 Å². The number of nitrogens with zero attached hydrogens (tertiary/aromatic N) is 4. The molecule has 0 aliphatic rings. The summed E-state index contributed by atoms with van der Waals surface area (Å²) in [7, 11) is 0. The average molecular weight is 287 g/mol. The third-order valence-electron chi connectivity index (χ3n) is 3.01. The Morgan fingerprint density at radius 3 is 2.95 bits per heavy atom. The van der Waals surface area contributed by atoms with Crippen LogP contribution in [0.3, 0.4) is 0 Å². The van der Waals surface area contributed by atoms with Crippen LogP contribution in [-0.4, -0.2) is 25.5 Å². The van der Waals surface area contributed by atoms with Gasteiger partial charge in [0.2, 0.25) is 5.82 Å². The predicted molar refractivity (Wildman–Crippen MR) is 75.7 cm³/mol. The minimum absolute atomic E-state index is 0.140. The summed E-state index contributed by atoms with van der Waals surface area (Å²) in [5.74, 6) is 0.283. The SMILES string of the molecule is Cc1ccsc1CNC(=O)c1nc2nccc(C)n2n1. The molecule has 3 aromatic heterocycles. The number of nitrogens with one attached hydrogen (secondary N) is 1. The van der Waals surface area contributed by atoms with Crippen molar-refractivity contribution in [1.29, 1.82) is 0 Å². The van der Waals surface area contributed by atoms with E-state index < -0.39 is 0 Å². The van der Waals surface area contributed by atoms with Crippen LogP contribution in [0, 0.1) is 13.8 Å². The van der Waals surface area contributed by atoms with E-state index in [4.69, 9.17) is 0 Å². The molecule has 0 saturated heterocycles. The van der Waals surface area contributed by atoms with Gasteiger partial charge >= 0.3 is 0 Å². The summed E-state index contributed by atoms with van der Waals surface area (Å²) in [6.07, 6.45) is 1.65. The topological polar surface area (TPSA) is 72.2 Å². The summed E-state index contributed by atoms with van der Waals surface area (Å²) >= 11 is 1.62. The molecule has 1 N–H and O–H groups in total. The number of aromatic nitrogens is 4. The molecule has 0 radical (unpaired) electrons. The van der Waals surface area contributed by atoms with Crippen LogP contribution in [0.2, 0.25) is 0 Å². The molecule has 3 aromatic rings. The Bertz CT molecular complexity index is 776. The fourth-order valence-corrected chi connectivity index (χ4v) is 2.67. The van der Waals surface area contributed by atoms with Crippen molar-refractivity contribution in [2.45, 2.75) is 20.4 Å². The molecular formula is C13H13N5OS. The van der Waals surface area contributed by atoms with Crippen LogP contribution in [0.4, 0.5) is 0 Å². The molecule has 0 atom stereocenters. The van der Waals surface area contributed by atoms with Crippen molar-refractivity contribution in [3.05, 3.63) is 45.7 Å². The van der Waals surface area contributed by atoms with Crippen molar-refractivity contribution < 1.29 is 4.79 Å². The van der Waals surface area contributed by atoms with Crippen molar-refractivity contribution in [2.24, 2.45) is 0 Å². The average Bonchev–Trinajstić information content (AvgIpc) is 3.03. The normalized spacial score (nSPS) is 10.9. The molecule has 0 fully saturated rings. The number of thiophene rings is 1. The van der Waals surface area contributed by atoms with Crippen LogP contribution in [0.25, 0.3) is 5.78 Å². The number of carbonyl (C=O) groups excluding carboxylic acids is 1. The van der Waals surface area contributed by atoms with Gasteiger partial charge in [-0.05, 0) is 36.9 Å². The maximum Gasteiger partial charge on any atom is 0.291 e. The molecule has 6 nitrogen and oxygen atoms in total. The molecule has 20 heavy (non-hydrogen) atoms. The van der Waals surface area contributed by atoms with Crippen LogP contribution in [0.1, 0.15) is 26.8 Å². The first-order chi connectivity index (χ1) is 9.65. The molecule has 102 valence electrons. The van der Waals surface area contributed by atoms with E-state index >= 15 is 0 Å².